The highest BCUT2D eigenvalue weighted by Gasteiger charge is 2.30. The molecule has 200 valence electrons. The van der Waals surface area contributed by atoms with Gasteiger partial charge in [0.15, 0.2) is 0 Å². The normalized spacial score (nSPS) is 13.1. The average molecular weight is 514 g/mol. The van der Waals surface area contributed by atoms with Gasteiger partial charge in [0.05, 0.1) is 13.7 Å². The zero-order valence-corrected chi connectivity index (χ0v) is 21.3. The average Bonchev–Trinajstić information content (AvgIpc) is 2.90. The fraction of sp³-hybridized carbons (Fsp3) is 0.407. The fourth-order valence-electron chi connectivity index (χ4n) is 3.53. The fourth-order valence-corrected chi connectivity index (χ4v) is 3.53. The molecule has 0 spiro atoms. The quantitative estimate of drug-likeness (QED) is 0.299. The summed E-state index contributed by atoms with van der Waals surface area (Å²) in [5.41, 5.74) is 1.51. The first-order valence-corrected chi connectivity index (χ1v) is 12.0. The number of hydrogen-bond acceptors (Lipinski definition) is 7. The highest BCUT2D eigenvalue weighted by molar-refractivity contribution is 5.93. The summed E-state index contributed by atoms with van der Waals surface area (Å²) in [7, 11) is 1.24. The highest BCUT2D eigenvalue weighted by Crippen LogP contribution is 2.09. The molecule has 2 aromatic carbocycles. The van der Waals surface area contributed by atoms with Gasteiger partial charge < -0.3 is 30.5 Å². The van der Waals surface area contributed by atoms with Crippen molar-refractivity contribution in [2.75, 3.05) is 13.7 Å². The van der Waals surface area contributed by atoms with Crippen LogP contribution in [0.25, 0.3) is 0 Å². The largest absolute Gasteiger partial charge is 0.467 e. The van der Waals surface area contributed by atoms with Gasteiger partial charge >= 0.3 is 12.1 Å². The Hall–Kier alpha value is -3.92. The van der Waals surface area contributed by atoms with Crippen LogP contribution in [-0.4, -0.2) is 60.8 Å². The maximum absolute atomic E-state index is 13.2. The van der Waals surface area contributed by atoms with E-state index in [1.165, 1.54) is 7.11 Å². The predicted molar refractivity (Wildman–Crippen MR) is 136 cm³/mol. The molecule has 0 radical (unpaired) electrons. The lowest BCUT2D eigenvalue weighted by Crippen LogP contribution is -2.57. The van der Waals surface area contributed by atoms with Crippen molar-refractivity contribution in [2.24, 2.45) is 5.92 Å². The zero-order valence-electron chi connectivity index (χ0n) is 21.3. The van der Waals surface area contributed by atoms with Crippen LogP contribution >= 0.6 is 0 Å². The first kappa shape index (κ1) is 29.3. The molecule has 3 atom stereocenters. The van der Waals surface area contributed by atoms with Crippen LogP contribution in [0.2, 0.25) is 0 Å². The molecule has 0 aliphatic carbocycles. The zero-order chi connectivity index (χ0) is 27.2. The van der Waals surface area contributed by atoms with Crippen molar-refractivity contribution in [1.82, 2.24) is 16.0 Å². The molecule has 0 bridgehead atoms. The second kappa shape index (κ2) is 15.2. The number of nitrogens with one attached hydrogen (secondary N) is 3. The molecule has 2 aromatic rings. The summed E-state index contributed by atoms with van der Waals surface area (Å²) in [5, 5.41) is 17.3. The van der Waals surface area contributed by atoms with Crippen LogP contribution in [0, 0.1) is 5.92 Å². The second-order valence-corrected chi connectivity index (χ2v) is 8.91. The molecule has 2 rings (SSSR count). The number of amides is 3. The lowest BCUT2D eigenvalue weighted by atomic mass is 10.0. The van der Waals surface area contributed by atoms with E-state index in [0.29, 0.717) is 6.42 Å². The summed E-state index contributed by atoms with van der Waals surface area (Å²) in [6.07, 6.45) is -0.437. The summed E-state index contributed by atoms with van der Waals surface area (Å²) in [6.45, 7) is 3.07. The topological polar surface area (TPSA) is 143 Å². The Labute approximate surface area is 216 Å². The third-order valence-corrected chi connectivity index (χ3v) is 5.43. The standard InChI is InChI=1S/C27H35N3O7/c1-18(2)14-22(26(34)36-3)29-24(32)21(15-19-10-6-4-7-11-19)28-25(33)23(16-31)30-27(35)37-17-20-12-8-5-9-13-20/h4-13,18,21-23,31H,14-17H2,1-3H3,(H,28,33)(H,29,32)(H,30,35)/t21-,22-,23-/m1/s1. The lowest BCUT2D eigenvalue weighted by Gasteiger charge is -2.25. The number of benzene rings is 2. The van der Waals surface area contributed by atoms with Crippen molar-refractivity contribution < 1.29 is 33.8 Å². The molecule has 0 aromatic heterocycles. The summed E-state index contributed by atoms with van der Waals surface area (Å²) in [6, 6.07) is 14.6. The summed E-state index contributed by atoms with van der Waals surface area (Å²) >= 11 is 0. The van der Waals surface area contributed by atoms with E-state index in [2.05, 4.69) is 16.0 Å². The summed E-state index contributed by atoms with van der Waals surface area (Å²) in [4.78, 5) is 50.5. The number of aliphatic hydroxyl groups is 1. The first-order valence-electron chi connectivity index (χ1n) is 12.0. The van der Waals surface area contributed by atoms with E-state index in [1.807, 2.05) is 26.0 Å². The van der Waals surface area contributed by atoms with E-state index in [1.54, 1.807) is 48.5 Å². The number of aliphatic hydroxyl groups excluding tert-OH is 1. The smallest absolute Gasteiger partial charge is 0.408 e. The van der Waals surface area contributed by atoms with Gasteiger partial charge in [0, 0.05) is 6.42 Å². The number of alkyl carbamates (subject to hydrolysis) is 1. The Balaban J connectivity index is 2.09. The SMILES string of the molecule is COC(=O)[C@@H](CC(C)C)NC(=O)[C@@H](Cc1ccccc1)NC(=O)[C@@H](CO)NC(=O)OCc1ccccc1. The summed E-state index contributed by atoms with van der Waals surface area (Å²) < 4.78 is 9.93. The molecule has 0 heterocycles. The third kappa shape index (κ3) is 10.3. The van der Waals surface area contributed by atoms with Crippen molar-refractivity contribution >= 4 is 23.9 Å². The van der Waals surface area contributed by atoms with Crippen molar-refractivity contribution in [3.63, 3.8) is 0 Å². The van der Waals surface area contributed by atoms with E-state index >= 15 is 0 Å². The minimum absolute atomic E-state index is 0.0176. The van der Waals surface area contributed by atoms with Gasteiger partial charge in [0.1, 0.15) is 24.7 Å². The molecular formula is C27H35N3O7. The monoisotopic (exact) mass is 513 g/mol. The molecule has 10 nitrogen and oxygen atoms in total. The molecule has 10 heteroatoms. The van der Waals surface area contributed by atoms with E-state index < -0.39 is 48.6 Å². The molecule has 0 fully saturated rings. The maximum Gasteiger partial charge on any atom is 0.408 e. The number of hydrogen-bond donors (Lipinski definition) is 4. The molecule has 0 saturated heterocycles. The Morgan fingerprint density at radius 2 is 1.32 bits per heavy atom. The van der Waals surface area contributed by atoms with Crippen LogP contribution in [0.5, 0.6) is 0 Å². The van der Waals surface area contributed by atoms with Crippen LogP contribution in [-0.2, 0) is 36.9 Å². The number of carbonyl (C=O) groups excluding carboxylic acids is 4. The van der Waals surface area contributed by atoms with Crippen LogP contribution in [0.4, 0.5) is 4.79 Å². The first-order chi connectivity index (χ1) is 17.7. The van der Waals surface area contributed by atoms with Gasteiger partial charge in [-0.15, -0.1) is 0 Å². The van der Waals surface area contributed by atoms with Crippen LogP contribution in [0.1, 0.15) is 31.4 Å². The number of rotatable bonds is 13. The number of carbonyl (C=O) groups is 4. The van der Waals surface area contributed by atoms with E-state index in [4.69, 9.17) is 9.47 Å². The van der Waals surface area contributed by atoms with Gasteiger partial charge in [-0.1, -0.05) is 74.5 Å². The molecule has 0 aliphatic rings. The Morgan fingerprint density at radius 1 is 0.784 bits per heavy atom. The van der Waals surface area contributed by atoms with Crippen LogP contribution < -0.4 is 16.0 Å². The molecule has 3 amide bonds. The summed E-state index contributed by atoms with van der Waals surface area (Å²) in [5.74, 6) is -1.88. The van der Waals surface area contributed by atoms with Crippen LogP contribution in [0.15, 0.2) is 60.7 Å². The lowest BCUT2D eigenvalue weighted by molar-refractivity contribution is -0.145. The highest BCUT2D eigenvalue weighted by atomic mass is 16.5. The van der Waals surface area contributed by atoms with Gasteiger partial charge in [0.25, 0.3) is 0 Å². The van der Waals surface area contributed by atoms with Crippen molar-refractivity contribution in [3.8, 4) is 0 Å². The molecule has 0 saturated carbocycles. The van der Waals surface area contributed by atoms with E-state index in [0.717, 1.165) is 11.1 Å². The molecule has 37 heavy (non-hydrogen) atoms. The second-order valence-electron chi connectivity index (χ2n) is 8.91. The van der Waals surface area contributed by atoms with E-state index in [9.17, 15) is 24.3 Å². The molecule has 4 N–H and O–H groups in total. The molecule has 0 aliphatic heterocycles. The minimum atomic E-state index is -1.36. The van der Waals surface area contributed by atoms with Gasteiger partial charge in [-0.05, 0) is 23.5 Å². The van der Waals surface area contributed by atoms with Crippen molar-refractivity contribution in [2.45, 2.75) is 51.4 Å². The van der Waals surface area contributed by atoms with Gasteiger partial charge in [0.2, 0.25) is 11.8 Å². The molecular weight excluding hydrogens is 478 g/mol. The Kier molecular flexibility index (Phi) is 12.1. The number of methoxy groups -OCH3 is 1. The van der Waals surface area contributed by atoms with E-state index in [-0.39, 0.29) is 18.9 Å². The third-order valence-electron chi connectivity index (χ3n) is 5.43. The van der Waals surface area contributed by atoms with Gasteiger partial charge in [-0.2, -0.15) is 0 Å². The molecule has 0 unspecified atom stereocenters. The number of esters is 1. The van der Waals surface area contributed by atoms with Crippen molar-refractivity contribution in [1.29, 1.82) is 0 Å². The van der Waals surface area contributed by atoms with Crippen molar-refractivity contribution in [3.05, 3.63) is 71.8 Å². The predicted octanol–water partition coefficient (Wildman–Crippen LogP) is 1.71. The Bertz CT molecular complexity index is 1020. The minimum Gasteiger partial charge on any atom is -0.467 e. The Morgan fingerprint density at radius 3 is 1.86 bits per heavy atom. The van der Waals surface area contributed by atoms with Crippen LogP contribution in [0.3, 0.4) is 0 Å². The number of ether oxygens (including phenoxy) is 2. The maximum atomic E-state index is 13.2. The van der Waals surface area contributed by atoms with Gasteiger partial charge in [-0.25, -0.2) is 9.59 Å². The van der Waals surface area contributed by atoms with Gasteiger partial charge in [-0.3, -0.25) is 9.59 Å².